The standard InChI is InChI=1S/C14H18N4O/c1-14(2,10-15)13(19)17-11-5-3-6-12(9-11)18-8-4-7-16-18/h3-9H,10,15H2,1-2H3,(H,17,19). The third-order valence-electron chi connectivity index (χ3n) is 3.00. The summed E-state index contributed by atoms with van der Waals surface area (Å²) < 4.78 is 1.74. The number of hydrogen-bond acceptors (Lipinski definition) is 3. The molecule has 0 bridgehead atoms. The predicted octanol–water partition coefficient (Wildman–Crippen LogP) is 1.80. The Morgan fingerprint density at radius 3 is 2.84 bits per heavy atom. The normalized spacial score (nSPS) is 11.3. The van der Waals surface area contributed by atoms with Gasteiger partial charge in [-0.15, -0.1) is 0 Å². The SMILES string of the molecule is CC(C)(CN)C(=O)Nc1cccc(-n2cccn2)c1. The van der Waals surface area contributed by atoms with Crippen LogP contribution in [-0.2, 0) is 4.79 Å². The van der Waals surface area contributed by atoms with Crippen LogP contribution in [0.25, 0.3) is 5.69 Å². The summed E-state index contributed by atoms with van der Waals surface area (Å²) in [5, 5.41) is 7.03. The molecule has 0 aliphatic heterocycles. The van der Waals surface area contributed by atoms with Crippen LogP contribution < -0.4 is 11.1 Å². The Balaban J connectivity index is 2.19. The largest absolute Gasteiger partial charge is 0.329 e. The minimum atomic E-state index is -0.582. The summed E-state index contributed by atoms with van der Waals surface area (Å²) in [7, 11) is 0. The highest BCUT2D eigenvalue weighted by Crippen LogP contribution is 2.19. The summed E-state index contributed by atoms with van der Waals surface area (Å²) in [5.74, 6) is -0.0902. The fourth-order valence-electron chi connectivity index (χ4n) is 1.54. The van der Waals surface area contributed by atoms with Gasteiger partial charge < -0.3 is 11.1 Å². The van der Waals surface area contributed by atoms with E-state index in [2.05, 4.69) is 10.4 Å². The first-order chi connectivity index (χ1) is 9.03. The summed E-state index contributed by atoms with van der Waals surface area (Å²) in [6.45, 7) is 3.94. The molecule has 1 aromatic heterocycles. The van der Waals surface area contributed by atoms with Gasteiger partial charge in [-0.2, -0.15) is 5.10 Å². The molecule has 5 nitrogen and oxygen atoms in total. The molecule has 0 spiro atoms. The second-order valence-electron chi connectivity index (χ2n) is 5.04. The Morgan fingerprint density at radius 1 is 1.42 bits per heavy atom. The molecule has 0 fully saturated rings. The number of rotatable bonds is 4. The van der Waals surface area contributed by atoms with Crippen LogP contribution in [0.5, 0.6) is 0 Å². The van der Waals surface area contributed by atoms with Crippen LogP contribution in [0.3, 0.4) is 0 Å². The molecule has 1 heterocycles. The van der Waals surface area contributed by atoms with Gasteiger partial charge in [0.05, 0.1) is 11.1 Å². The molecule has 0 radical (unpaired) electrons. The number of anilines is 1. The Bertz CT molecular complexity index is 561. The summed E-state index contributed by atoms with van der Waals surface area (Å²) >= 11 is 0. The predicted molar refractivity (Wildman–Crippen MR) is 75.0 cm³/mol. The number of carbonyl (C=O) groups excluding carboxylic acids is 1. The van der Waals surface area contributed by atoms with Crippen molar-refractivity contribution < 1.29 is 4.79 Å². The van der Waals surface area contributed by atoms with E-state index in [4.69, 9.17) is 5.73 Å². The number of benzene rings is 1. The van der Waals surface area contributed by atoms with Crippen molar-refractivity contribution in [1.82, 2.24) is 9.78 Å². The minimum absolute atomic E-state index is 0.0902. The van der Waals surface area contributed by atoms with Gasteiger partial charge >= 0.3 is 0 Å². The lowest BCUT2D eigenvalue weighted by Crippen LogP contribution is -2.37. The zero-order chi connectivity index (χ0) is 13.9. The number of nitrogens with one attached hydrogen (secondary N) is 1. The van der Waals surface area contributed by atoms with Crippen LogP contribution in [-0.4, -0.2) is 22.2 Å². The summed E-state index contributed by atoms with van der Waals surface area (Å²) in [6, 6.07) is 9.37. The molecule has 0 saturated heterocycles. The summed E-state index contributed by atoms with van der Waals surface area (Å²) in [4.78, 5) is 12.0. The smallest absolute Gasteiger partial charge is 0.231 e. The van der Waals surface area contributed by atoms with Crippen molar-refractivity contribution >= 4 is 11.6 Å². The van der Waals surface area contributed by atoms with Gasteiger partial charge in [0.1, 0.15) is 0 Å². The number of carbonyl (C=O) groups is 1. The van der Waals surface area contributed by atoms with Gasteiger partial charge in [0.2, 0.25) is 5.91 Å². The molecule has 0 atom stereocenters. The van der Waals surface area contributed by atoms with Gasteiger partial charge in [-0.25, -0.2) is 4.68 Å². The molecule has 0 unspecified atom stereocenters. The first-order valence-corrected chi connectivity index (χ1v) is 6.14. The fourth-order valence-corrected chi connectivity index (χ4v) is 1.54. The van der Waals surface area contributed by atoms with E-state index in [0.29, 0.717) is 6.54 Å². The van der Waals surface area contributed by atoms with Crippen molar-refractivity contribution in [2.24, 2.45) is 11.1 Å². The number of hydrogen-bond donors (Lipinski definition) is 2. The quantitative estimate of drug-likeness (QED) is 0.878. The zero-order valence-electron chi connectivity index (χ0n) is 11.1. The van der Waals surface area contributed by atoms with Crippen LogP contribution in [0.4, 0.5) is 5.69 Å². The maximum absolute atomic E-state index is 12.0. The van der Waals surface area contributed by atoms with Gasteiger partial charge in [-0.1, -0.05) is 6.07 Å². The van der Waals surface area contributed by atoms with E-state index in [1.54, 1.807) is 10.9 Å². The van der Waals surface area contributed by atoms with Crippen LogP contribution in [0.2, 0.25) is 0 Å². The lowest BCUT2D eigenvalue weighted by atomic mass is 9.92. The van der Waals surface area contributed by atoms with Gasteiger partial charge in [-0.3, -0.25) is 4.79 Å². The van der Waals surface area contributed by atoms with Crippen molar-refractivity contribution in [3.05, 3.63) is 42.7 Å². The van der Waals surface area contributed by atoms with E-state index in [9.17, 15) is 4.79 Å². The van der Waals surface area contributed by atoms with Crippen LogP contribution >= 0.6 is 0 Å². The number of aromatic nitrogens is 2. The highest BCUT2D eigenvalue weighted by atomic mass is 16.2. The molecule has 1 aromatic carbocycles. The molecule has 0 aliphatic carbocycles. The Hall–Kier alpha value is -2.14. The van der Waals surface area contributed by atoms with E-state index < -0.39 is 5.41 Å². The monoisotopic (exact) mass is 258 g/mol. The van der Waals surface area contributed by atoms with Crippen LogP contribution in [0.15, 0.2) is 42.7 Å². The molecule has 3 N–H and O–H groups in total. The molecule has 1 amide bonds. The molecule has 2 aromatic rings. The van der Waals surface area contributed by atoms with Crippen molar-refractivity contribution in [1.29, 1.82) is 0 Å². The van der Waals surface area contributed by atoms with Gasteiger partial charge in [-0.05, 0) is 38.1 Å². The molecule has 0 saturated carbocycles. The molecule has 100 valence electrons. The van der Waals surface area contributed by atoms with Crippen molar-refractivity contribution in [3.8, 4) is 5.69 Å². The second-order valence-corrected chi connectivity index (χ2v) is 5.04. The zero-order valence-corrected chi connectivity index (χ0v) is 11.1. The van der Waals surface area contributed by atoms with Gasteiger partial charge in [0, 0.05) is 24.6 Å². The maximum Gasteiger partial charge on any atom is 0.231 e. The van der Waals surface area contributed by atoms with Crippen LogP contribution in [0.1, 0.15) is 13.8 Å². The van der Waals surface area contributed by atoms with Crippen molar-refractivity contribution in [2.45, 2.75) is 13.8 Å². The summed E-state index contributed by atoms with van der Waals surface area (Å²) in [5.41, 5.74) is 6.64. The third kappa shape index (κ3) is 3.00. The molecule has 5 heteroatoms. The van der Waals surface area contributed by atoms with E-state index in [0.717, 1.165) is 11.4 Å². The Kier molecular flexibility index (Phi) is 3.66. The summed E-state index contributed by atoms with van der Waals surface area (Å²) in [6.07, 6.45) is 3.56. The first kappa shape index (κ1) is 13.3. The molecule has 0 aliphatic rings. The average molecular weight is 258 g/mol. The third-order valence-corrected chi connectivity index (χ3v) is 3.00. The van der Waals surface area contributed by atoms with Gasteiger partial charge in [0.25, 0.3) is 0 Å². The number of amides is 1. The molecule has 2 rings (SSSR count). The topological polar surface area (TPSA) is 72.9 Å². The Labute approximate surface area is 112 Å². The van der Waals surface area contributed by atoms with Gasteiger partial charge in [0.15, 0.2) is 0 Å². The van der Waals surface area contributed by atoms with E-state index in [1.807, 2.05) is 50.4 Å². The average Bonchev–Trinajstić information content (AvgIpc) is 2.93. The molecular formula is C14H18N4O. The van der Waals surface area contributed by atoms with E-state index >= 15 is 0 Å². The number of nitrogens with zero attached hydrogens (tertiary/aromatic N) is 2. The lowest BCUT2D eigenvalue weighted by Gasteiger charge is -2.21. The lowest BCUT2D eigenvalue weighted by molar-refractivity contribution is -0.123. The number of nitrogens with two attached hydrogens (primary N) is 1. The van der Waals surface area contributed by atoms with Crippen molar-refractivity contribution in [3.63, 3.8) is 0 Å². The second kappa shape index (κ2) is 5.24. The fraction of sp³-hybridized carbons (Fsp3) is 0.286. The minimum Gasteiger partial charge on any atom is -0.329 e. The van der Waals surface area contributed by atoms with Crippen LogP contribution in [0, 0.1) is 5.41 Å². The highest BCUT2D eigenvalue weighted by Gasteiger charge is 2.25. The van der Waals surface area contributed by atoms with E-state index in [-0.39, 0.29) is 5.91 Å². The van der Waals surface area contributed by atoms with Crippen molar-refractivity contribution in [2.75, 3.05) is 11.9 Å². The maximum atomic E-state index is 12.0. The highest BCUT2D eigenvalue weighted by molar-refractivity contribution is 5.95. The molecular weight excluding hydrogens is 240 g/mol. The Morgan fingerprint density at radius 2 is 2.21 bits per heavy atom. The van der Waals surface area contributed by atoms with E-state index in [1.165, 1.54) is 0 Å². The first-order valence-electron chi connectivity index (χ1n) is 6.14. The molecule has 19 heavy (non-hydrogen) atoms.